The minimum absolute atomic E-state index is 0.0766. The predicted octanol–water partition coefficient (Wildman–Crippen LogP) is 5.02. The van der Waals surface area contributed by atoms with Crippen molar-refractivity contribution in [2.45, 2.75) is 19.5 Å². The second-order valence-electron chi connectivity index (χ2n) is 6.22. The third-order valence-electron chi connectivity index (χ3n) is 4.62. The van der Waals surface area contributed by atoms with Gasteiger partial charge in [0.25, 0.3) is 0 Å². The van der Waals surface area contributed by atoms with Gasteiger partial charge in [-0.3, -0.25) is 0 Å². The molecule has 1 aromatic heterocycles. The zero-order valence-electron chi connectivity index (χ0n) is 14.2. The molecule has 4 nitrogen and oxygen atoms in total. The van der Waals surface area contributed by atoms with Crippen molar-refractivity contribution in [3.63, 3.8) is 0 Å². The molecule has 1 aliphatic rings. The van der Waals surface area contributed by atoms with Crippen molar-refractivity contribution in [2.75, 3.05) is 0 Å². The Hall–Kier alpha value is -3.28. The van der Waals surface area contributed by atoms with Crippen LogP contribution in [0.1, 0.15) is 33.6 Å². The highest BCUT2D eigenvalue weighted by Gasteiger charge is 2.26. The predicted molar refractivity (Wildman–Crippen MR) is 98.0 cm³/mol. The third-order valence-corrected chi connectivity index (χ3v) is 4.62. The van der Waals surface area contributed by atoms with Crippen LogP contribution >= 0.6 is 0 Å². The molecule has 0 saturated heterocycles. The Balaban J connectivity index is 1.88. The maximum absolute atomic E-state index is 12.6. The molecule has 4 rings (SSSR count). The second kappa shape index (κ2) is 6.79. The first-order valence-electron chi connectivity index (χ1n) is 8.44. The number of allylic oxidation sites excluding steroid dienone is 1. The lowest BCUT2D eigenvalue weighted by molar-refractivity contribution is -0.0499. The van der Waals surface area contributed by atoms with Crippen molar-refractivity contribution in [2.24, 2.45) is 0 Å². The molecule has 136 valence electrons. The summed E-state index contributed by atoms with van der Waals surface area (Å²) in [6.45, 7) is -2.92. The van der Waals surface area contributed by atoms with Crippen LogP contribution in [-0.4, -0.2) is 22.7 Å². The lowest BCUT2D eigenvalue weighted by Gasteiger charge is -2.10. The number of aromatic carboxylic acids is 1. The Kier molecular flexibility index (Phi) is 4.32. The largest absolute Gasteiger partial charge is 0.478 e. The number of carboxylic acid groups (broad SMARTS) is 1. The summed E-state index contributed by atoms with van der Waals surface area (Å²) in [6.07, 6.45) is 2.87. The molecule has 27 heavy (non-hydrogen) atoms. The van der Waals surface area contributed by atoms with Gasteiger partial charge in [-0.05, 0) is 42.2 Å². The number of rotatable bonds is 4. The first-order chi connectivity index (χ1) is 13.0. The summed E-state index contributed by atoms with van der Waals surface area (Å²) < 4.78 is 29.9. The second-order valence-corrected chi connectivity index (χ2v) is 6.22. The SMILES string of the molecule is O=C(O)c1c2c(nc3ccccc13)C(=Cc1ccccc1OC(F)F)CC2. The van der Waals surface area contributed by atoms with E-state index >= 15 is 0 Å². The first-order valence-corrected chi connectivity index (χ1v) is 8.44. The molecule has 0 aliphatic heterocycles. The fraction of sp³-hybridized carbons (Fsp3) is 0.143. The van der Waals surface area contributed by atoms with Crippen LogP contribution in [0.15, 0.2) is 48.5 Å². The molecule has 6 heteroatoms. The van der Waals surface area contributed by atoms with Crippen molar-refractivity contribution in [1.29, 1.82) is 0 Å². The van der Waals surface area contributed by atoms with Crippen molar-refractivity contribution in [3.05, 3.63) is 70.9 Å². The van der Waals surface area contributed by atoms with E-state index in [0.717, 1.165) is 5.57 Å². The van der Waals surface area contributed by atoms with Crippen LogP contribution in [0.5, 0.6) is 5.75 Å². The highest BCUT2D eigenvalue weighted by Crippen LogP contribution is 2.38. The van der Waals surface area contributed by atoms with E-state index in [2.05, 4.69) is 9.72 Å². The van der Waals surface area contributed by atoms with Crippen LogP contribution < -0.4 is 4.74 Å². The molecule has 1 heterocycles. The number of carboxylic acids is 1. The highest BCUT2D eigenvalue weighted by molar-refractivity contribution is 6.06. The molecule has 0 fully saturated rings. The van der Waals surface area contributed by atoms with Gasteiger partial charge in [0.05, 0.1) is 16.8 Å². The Bertz CT molecular complexity index is 1080. The summed E-state index contributed by atoms with van der Waals surface area (Å²) in [4.78, 5) is 16.5. The fourth-order valence-corrected chi connectivity index (χ4v) is 3.51. The summed E-state index contributed by atoms with van der Waals surface area (Å²) in [5, 5.41) is 10.3. The fourth-order valence-electron chi connectivity index (χ4n) is 3.51. The normalized spacial score (nSPS) is 14.7. The highest BCUT2D eigenvalue weighted by atomic mass is 19.3. The molecular formula is C21H15F2NO3. The summed E-state index contributed by atoms with van der Waals surface area (Å²) >= 11 is 0. The van der Waals surface area contributed by atoms with Crippen LogP contribution in [0.4, 0.5) is 8.78 Å². The standard InChI is InChI=1S/C21H15F2NO3/c22-21(23)27-17-8-4-1-5-12(17)11-13-9-10-15-18(20(25)26)14-6-2-3-7-16(14)24-19(13)15/h1-8,11,21H,9-10H2,(H,25,26). The van der Waals surface area contributed by atoms with E-state index in [4.69, 9.17) is 0 Å². The number of carbonyl (C=O) groups is 1. The first kappa shape index (κ1) is 17.1. The number of ether oxygens (including phenoxy) is 1. The molecule has 0 atom stereocenters. The molecule has 0 amide bonds. The number of hydrogen-bond acceptors (Lipinski definition) is 3. The quantitative estimate of drug-likeness (QED) is 0.703. The lowest BCUT2D eigenvalue weighted by Crippen LogP contribution is -2.05. The zero-order valence-corrected chi connectivity index (χ0v) is 14.2. The van der Waals surface area contributed by atoms with Crippen molar-refractivity contribution in [1.82, 2.24) is 4.98 Å². The third kappa shape index (κ3) is 3.14. The number of pyridine rings is 1. The van der Waals surface area contributed by atoms with E-state index in [9.17, 15) is 18.7 Å². The molecule has 2 aromatic carbocycles. The Morgan fingerprint density at radius 1 is 1.11 bits per heavy atom. The van der Waals surface area contributed by atoms with E-state index in [1.807, 2.05) is 0 Å². The van der Waals surface area contributed by atoms with E-state index in [0.29, 0.717) is 40.6 Å². The number of fused-ring (bicyclic) bond motifs is 2. The van der Waals surface area contributed by atoms with E-state index in [1.54, 1.807) is 48.5 Å². The molecule has 0 spiro atoms. The topological polar surface area (TPSA) is 59.4 Å². The Morgan fingerprint density at radius 2 is 1.85 bits per heavy atom. The Morgan fingerprint density at radius 3 is 2.63 bits per heavy atom. The van der Waals surface area contributed by atoms with Gasteiger partial charge in [-0.25, -0.2) is 9.78 Å². The molecule has 1 aliphatic carbocycles. The van der Waals surface area contributed by atoms with Gasteiger partial charge < -0.3 is 9.84 Å². The summed E-state index contributed by atoms with van der Waals surface area (Å²) in [5.74, 6) is -0.916. The van der Waals surface area contributed by atoms with Crippen LogP contribution in [0.25, 0.3) is 22.6 Å². The molecule has 1 N–H and O–H groups in total. The lowest BCUT2D eigenvalue weighted by atomic mass is 10.0. The average molecular weight is 367 g/mol. The van der Waals surface area contributed by atoms with Gasteiger partial charge in [0.2, 0.25) is 0 Å². The molecule has 3 aromatic rings. The average Bonchev–Trinajstić information content (AvgIpc) is 3.03. The van der Waals surface area contributed by atoms with Gasteiger partial charge in [0.15, 0.2) is 0 Å². The van der Waals surface area contributed by atoms with Gasteiger partial charge >= 0.3 is 12.6 Å². The Labute approximate surface area is 153 Å². The van der Waals surface area contributed by atoms with Crippen LogP contribution in [-0.2, 0) is 6.42 Å². The number of benzene rings is 2. The van der Waals surface area contributed by atoms with Crippen molar-refractivity contribution < 1.29 is 23.4 Å². The molecular weight excluding hydrogens is 352 g/mol. The zero-order chi connectivity index (χ0) is 19.0. The number of nitrogens with zero attached hydrogens (tertiary/aromatic N) is 1. The molecule has 0 radical (unpaired) electrons. The van der Waals surface area contributed by atoms with Crippen molar-refractivity contribution >= 4 is 28.5 Å². The van der Waals surface area contributed by atoms with Gasteiger partial charge in [-0.15, -0.1) is 0 Å². The van der Waals surface area contributed by atoms with Crippen LogP contribution in [0, 0.1) is 0 Å². The monoisotopic (exact) mass is 367 g/mol. The summed E-state index contributed by atoms with van der Waals surface area (Å²) in [6, 6.07) is 13.6. The number of aromatic nitrogens is 1. The number of para-hydroxylation sites is 2. The number of hydrogen-bond donors (Lipinski definition) is 1. The van der Waals surface area contributed by atoms with Crippen molar-refractivity contribution in [3.8, 4) is 5.75 Å². The van der Waals surface area contributed by atoms with E-state index in [1.165, 1.54) is 6.07 Å². The summed E-state index contributed by atoms with van der Waals surface area (Å²) in [5.41, 5.74) is 3.46. The van der Waals surface area contributed by atoms with Crippen LogP contribution in [0.2, 0.25) is 0 Å². The maximum atomic E-state index is 12.6. The van der Waals surface area contributed by atoms with E-state index < -0.39 is 12.6 Å². The molecule has 0 unspecified atom stereocenters. The maximum Gasteiger partial charge on any atom is 0.387 e. The van der Waals surface area contributed by atoms with E-state index in [-0.39, 0.29) is 11.3 Å². The van der Waals surface area contributed by atoms with Gasteiger partial charge in [-0.2, -0.15) is 8.78 Å². The smallest absolute Gasteiger partial charge is 0.387 e. The van der Waals surface area contributed by atoms with Gasteiger partial charge in [0.1, 0.15) is 5.75 Å². The van der Waals surface area contributed by atoms with Crippen LogP contribution in [0.3, 0.4) is 0 Å². The molecule has 0 bridgehead atoms. The number of alkyl halides is 2. The molecule has 0 saturated carbocycles. The minimum Gasteiger partial charge on any atom is -0.478 e. The minimum atomic E-state index is -2.92. The number of halogens is 2. The summed E-state index contributed by atoms with van der Waals surface area (Å²) in [7, 11) is 0. The van der Waals surface area contributed by atoms with Gasteiger partial charge in [-0.1, -0.05) is 36.4 Å². The van der Waals surface area contributed by atoms with Gasteiger partial charge in [0, 0.05) is 10.9 Å².